The summed E-state index contributed by atoms with van der Waals surface area (Å²) in [6.45, 7) is 17.0. The Morgan fingerprint density at radius 3 is 1.68 bits per heavy atom. The Balaban J connectivity index is 5.19. The van der Waals surface area contributed by atoms with Gasteiger partial charge in [-0.3, -0.25) is 0 Å². The van der Waals surface area contributed by atoms with Crippen LogP contribution in [0.5, 0.6) is 0 Å². The van der Waals surface area contributed by atoms with E-state index in [4.69, 9.17) is 0 Å². The van der Waals surface area contributed by atoms with Crippen LogP contribution >= 0.6 is 0 Å². The predicted molar refractivity (Wildman–Crippen MR) is 104 cm³/mol. The highest BCUT2D eigenvalue weighted by Crippen LogP contribution is 2.26. The molecule has 1 N–H and O–H groups in total. The van der Waals surface area contributed by atoms with Crippen molar-refractivity contribution in [3.05, 3.63) is 23.9 Å². The molecule has 0 aliphatic carbocycles. The molecule has 0 rings (SSSR count). The number of aliphatic hydroxyl groups excluding tert-OH is 1. The molecular weight excluding hydrogens is 304 g/mol. The summed E-state index contributed by atoms with van der Waals surface area (Å²) in [7, 11) is -3.38. The van der Waals surface area contributed by atoms with Crippen LogP contribution in [0.2, 0.25) is 36.3 Å². The van der Waals surface area contributed by atoms with Gasteiger partial charge in [-0.05, 0) is 0 Å². The van der Waals surface area contributed by atoms with Crippen molar-refractivity contribution >= 4 is 21.6 Å². The first-order valence-corrected chi connectivity index (χ1v) is 14.2. The Bertz CT molecular complexity index is 377. The summed E-state index contributed by atoms with van der Waals surface area (Å²) < 4.78 is 0. The van der Waals surface area contributed by atoms with E-state index in [1.54, 1.807) is 0 Å². The van der Waals surface area contributed by atoms with Crippen molar-refractivity contribution in [1.82, 2.24) is 0 Å². The number of hydrogen-bond donors (Lipinski definition) is 1. The Morgan fingerprint density at radius 2 is 1.36 bits per heavy atom. The summed E-state index contributed by atoms with van der Waals surface area (Å²) in [5.74, 6) is 0. The van der Waals surface area contributed by atoms with Crippen LogP contribution in [0.3, 0.4) is 0 Å². The zero-order chi connectivity index (χ0) is 17.4. The molecule has 4 heteroatoms. The Kier molecular flexibility index (Phi) is 9.43. The number of carbonyl (C=O) groups is 1. The van der Waals surface area contributed by atoms with Gasteiger partial charge in [0.1, 0.15) is 13.5 Å². The number of carbonyl (C=O) groups excluding carboxylic acids is 1. The van der Waals surface area contributed by atoms with Crippen molar-refractivity contribution in [3.8, 4) is 0 Å². The lowest BCUT2D eigenvalue weighted by Gasteiger charge is -2.28. The summed E-state index contributed by atoms with van der Waals surface area (Å²) >= 11 is 0. The second-order valence-corrected chi connectivity index (χ2v) is 16.7. The summed E-state index contributed by atoms with van der Waals surface area (Å²) in [6, 6.07) is 6.35. The summed E-state index contributed by atoms with van der Waals surface area (Å²) in [6.07, 6.45) is 1.05. The first-order valence-electron chi connectivity index (χ1n) is 8.92. The topological polar surface area (TPSA) is 37.3 Å². The van der Waals surface area contributed by atoms with Gasteiger partial charge < -0.3 is 9.90 Å². The fourth-order valence-corrected chi connectivity index (χ4v) is 9.31. The lowest BCUT2D eigenvalue weighted by Crippen LogP contribution is -2.44. The van der Waals surface area contributed by atoms with E-state index < -0.39 is 22.3 Å². The third kappa shape index (κ3) is 4.77. The van der Waals surface area contributed by atoms with Crippen LogP contribution in [0.25, 0.3) is 0 Å². The van der Waals surface area contributed by atoms with E-state index in [2.05, 4.69) is 53.8 Å². The fraction of sp³-hybridized carbons (Fsp3) is 0.722. The van der Waals surface area contributed by atoms with Crippen molar-refractivity contribution in [2.75, 3.05) is 0 Å². The normalized spacial score (nSPS) is 14.3. The molecule has 0 saturated heterocycles. The molecule has 0 aliphatic rings. The minimum atomic E-state index is -1.97. The smallest absolute Gasteiger partial charge is 0.139 e. The monoisotopic (exact) mass is 340 g/mol. The van der Waals surface area contributed by atoms with Gasteiger partial charge in [0, 0.05) is 5.57 Å². The van der Waals surface area contributed by atoms with E-state index in [1.165, 1.54) is 18.1 Å². The zero-order valence-electron chi connectivity index (χ0n) is 15.5. The first kappa shape index (κ1) is 21.5. The molecule has 1 atom stereocenters. The molecule has 0 aromatic carbocycles. The van der Waals surface area contributed by atoms with Crippen molar-refractivity contribution < 1.29 is 9.90 Å². The van der Waals surface area contributed by atoms with Crippen molar-refractivity contribution in [1.29, 1.82) is 0 Å². The average molecular weight is 341 g/mol. The number of rotatable bonds is 11. The molecule has 128 valence electrons. The summed E-state index contributed by atoms with van der Waals surface area (Å²) in [4.78, 5) is 12.8. The maximum absolute atomic E-state index is 12.8. The molecule has 0 spiro atoms. The van der Waals surface area contributed by atoms with Crippen molar-refractivity contribution in [2.24, 2.45) is 0 Å². The zero-order valence-corrected chi connectivity index (χ0v) is 17.5. The summed E-state index contributed by atoms with van der Waals surface area (Å²) in [5, 5.41) is 10.6. The van der Waals surface area contributed by atoms with Crippen LogP contribution < -0.4 is 0 Å². The van der Waals surface area contributed by atoms with Gasteiger partial charge in [-0.25, -0.2) is 0 Å². The summed E-state index contributed by atoms with van der Waals surface area (Å²) in [5.41, 5.74) is 2.66. The quantitative estimate of drug-likeness (QED) is 0.418. The molecule has 0 fully saturated rings. The fourth-order valence-electron chi connectivity index (χ4n) is 3.22. The molecule has 0 aromatic rings. The Labute approximate surface area is 139 Å². The highest BCUT2D eigenvalue weighted by molar-refractivity contribution is 7.07. The van der Waals surface area contributed by atoms with Gasteiger partial charge in [-0.2, -0.15) is 0 Å². The van der Waals surface area contributed by atoms with E-state index >= 15 is 0 Å². The molecule has 2 nitrogen and oxygen atoms in total. The van der Waals surface area contributed by atoms with E-state index in [-0.39, 0.29) is 5.41 Å². The molecule has 0 amide bonds. The number of hydrogen-bond acceptors (Lipinski definition) is 2. The maximum atomic E-state index is 12.8. The predicted octanol–water partition coefficient (Wildman–Crippen LogP) is 5.12. The van der Waals surface area contributed by atoms with Crippen LogP contribution in [0, 0.1) is 0 Å². The lowest BCUT2D eigenvalue weighted by molar-refractivity contribution is -0.110. The van der Waals surface area contributed by atoms with Gasteiger partial charge in [0.2, 0.25) is 0 Å². The standard InChI is InChI=1S/C18H36O2Si2/c1-8-21(9-2,10-3)15-14-17(19)16(7)18(20)22(11-4,12-5)13-6/h14-15,17,19H,7-13H2,1-6H3. The van der Waals surface area contributed by atoms with Gasteiger partial charge in [0.05, 0.1) is 14.2 Å². The Morgan fingerprint density at radius 1 is 0.955 bits per heavy atom. The van der Waals surface area contributed by atoms with Crippen LogP contribution in [-0.2, 0) is 4.79 Å². The minimum absolute atomic E-state index is 0.175. The van der Waals surface area contributed by atoms with E-state index in [1.807, 2.05) is 6.08 Å². The van der Waals surface area contributed by atoms with E-state index in [9.17, 15) is 9.90 Å². The highest BCUT2D eigenvalue weighted by Gasteiger charge is 2.38. The van der Waals surface area contributed by atoms with Crippen LogP contribution in [0.1, 0.15) is 41.5 Å². The number of aliphatic hydroxyl groups is 1. The van der Waals surface area contributed by atoms with Crippen LogP contribution in [-0.4, -0.2) is 32.8 Å². The Hall–Kier alpha value is -0.456. The minimum Gasteiger partial charge on any atom is -0.384 e. The average Bonchev–Trinajstić information content (AvgIpc) is 2.57. The van der Waals surface area contributed by atoms with Gasteiger partial charge in [-0.15, -0.1) is 0 Å². The molecule has 0 aromatic heterocycles. The third-order valence-electron chi connectivity index (χ3n) is 5.91. The van der Waals surface area contributed by atoms with Gasteiger partial charge in [-0.1, -0.05) is 96.2 Å². The van der Waals surface area contributed by atoms with Gasteiger partial charge in [0.25, 0.3) is 0 Å². The lowest BCUT2D eigenvalue weighted by atomic mass is 10.2. The highest BCUT2D eigenvalue weighted by atomic mass is 28.3. The first-order chi connectivity index (χ1) is 10.3. The second-order valence-electron chi connectivity index (χ2n) is 6.42. The van der Waals surface area contributed by atoms with Crippen molar-refractivity contribution in [2.45, 2.75) is 83.9 Å². The molecule has 0 bridgehead atoms. The largest absolute Gasteiger partial charge is 0.384 e. The van der Waals surface area contributed by atoms with Gasteiger partial charge in [0.15, 0.2) is 0 Å². The third-order valence-corrected chi connectivity index (χ3v) is 16.4. The molecular formula is C18H36O2Si2. The van der Waals surface area contributed by atoms with Crippen molar-refractivity contribution in [3.63, 3.8) is 0 Å². The maximum Gasteiger partial charge on any atom is 0.139 e. The SMILES string of the molecule is C=C(C(=O)[Si](CC)(CC)CC)C(O)C=C[Si](CC)(CC)CC. The van der Waals surface area contributed by atoms with E-state index in [0.717, 1.165) is 18.1 Å². The van der Waals surface area contributed by atoms with Crippen LogP contribution in [0.4, 0.5) is 0 Å². The molecule has 1 unspecified atom stereocenters. The molecule has 0 radical (unpaired) electrons. The second kappa shape index (κ2) is 9.63. The molecule has 0 heterocycles. The van der Waals surface area contributed by atoms with Gasteiger partial charge >= 0.3 is 0 Å². The van der Waals surface area contributed by atoms with E-state index in [0.29, 0.717) is 5.57 Å². The molecule has 0 saturated carbocycles. The van der Waals surface area contributed by atoms with Crippen LogP contribution in [0.15, 0.2) is 23.9 Å². The molecule has 0 aliphatic heterocycles. The molecule has 22 heavy (non-hydrogen) atoms.